The van der Waals surface area contributed by atoms with Crippen molar-refractivity contribution >= 4 is 22.9 Å². The van der Waals surface area contributed by atoms with Crippen molar-refractivity contribution in [3.63, 3.8) is 0 Å². The van der Waals surface area contributed by atoms with Crippen molar-refractivity contribution in [1.29, 1.82) is 0 Å². The van der Waals surface area contributed by atoms with Gasteiger partial charge in [-0.2, -0.15) is 0 Å². The van der Waals surface area contributed by atoms with E-state index in [2.05, 4.69) is 9.88 Å². The van der Waals surface area contributed by atoms with E-state index in [1.54, 1.807) is 6.20 Å². The van der Waals surface area contributed by atoms with Crippen LogP contribution in [0.1, 0.15) is 25.0 Å². The monoisotopic (exact) mass is 221 g/mol. The average Bonchev–Trinajstić information content (AvgIpc) is 2.30. The molecule has 0 atom stereocenters. The van der Waals surface area contributed by atoms with Crippen molar-refractivity contribution in [2.75, 3.05) is 18.0 Å². The van der Waals surface area contributed by atoms with E-state index >= 15 is 0 Å². The predicted molar refractivity (Wildman–Crippen MR) is 66.2 cm³/mol. The molecule has 0 unspecified atom stereocenters. The van der Waals surface area contributed by atoms with Gasteiger partial charge in [0, 0.05) is 25.0 Å². The molecule has 4 heteroatoms. The Morgan fingerprint density at radius 1 is 1.33 bits per heavy atom. The van der Waals surface area contributed by atoms with Gasteiger partial charge in [0.15, 0.2) is 0 Å². The van der Waals surface area contributed by atoms with Crippen LogP contribution in [0.3, 0.4) is 0 Å². The molecular formula is C11H15N3S. The van der Waals surface area contributed by atoms with E-state index in [0.29, 0.717) is 10.7 Å². The number of pyridine rings is 1. The Hall–Kier alpha value is -1.16. The maximum Gasteiger partial charge on any atom is 0.122 e. The minimum Gasteiger partial charge on any atom is -0.388 e. The van der Waals surface area contributed by atoms with Crippen LogP contribution >= 0.6 is 12.2 Å². The largest absolute Gasteiger partial charge is 0.388 e. The Labute approximate surface area is 95.3 Å². The third-order valence-electron chi connectivity index (χ3n) is 2.72. The van der Waals surface area contributed by atoms with Gasteiger partial charge in [-0.3, -0.25) is 4.98 Å². The maximum absolute atomic E-state index is 5.56. The van der Waals surface area contributed by atoms with Gasteiger partial charge in [-0.05, 0) is 31.4 Å². The summed E-state index contributed by atoms with van der Waals surface area (Å²) in [5, 5.41) is 0. The van der Waals surface area contributed by atoms with Gasteiger partial charge in [0.2, 0.25) is 0 Å². The van der Waals surface area contributed by atoms with Crippen molar-refractivity contribution in [2.45, 2.75) is 19.3 Å². The molecular weight excluding hydrogens is 206 g/mol. The van der Waals surface area contributed by atoms with Crippen molar-refractivity contribution < 1.29 is 0 Å². The van der Waals surface area contributed by atoms with E-state index in [-0.39, 0.29) is 0 Å². The Morgan fingerprint density at radius 3 is 2.73 bits per heavy atom. The highest BCUT2D eigenvalue weighted by atomic mass is 32.1. The fraction of sp³-hybridized carbons (Fsp3) is 0.455. The van der Waals surface area contributed by atoms with Crippen LogP contribution in [-0.4, -0.2) is 23.1 Å². The number of rotatable bonds is 2. The molecule has 3 nitrogen and oxygen atoms in total. The van der Waals surface area contributed by atoms with Gasteiger partial charge in [-0.1, -0.05) is 12.2 Å². The van der Waals surface area contributed by atoms with E-state index in [9.17, 15) is 0 Å². The van der Waals surface area contributed by atoms with Gasteiger partial charge in [-0.15, -0.1) is 0 Å². The molecule has 0 amide bonds. The number of piperidine rings is 1. The first kappa shape index (κ1) is 10.4. The lowest BCUT2D eigenvalue weighted by atomic mass is 10.1. The second-order valence-electron chi connectivity index (χ2n) is 3.81. The molecule has 1 aliphatic heterocycles. The molecule has 2 rings (SSSR count). The zero-order valence-corrected chi connectivity index (χ0v) is 9.46. The number of hydrogen-bond donors (Lipinski definition) is 1. The SMILES string of the molecule is NC(=S)c1cc(N2CCCCC2)ccn1. The Bertz CT molecular complexity index is 359. The molecule has 80 valence electrons. The summed E-state index contributed by atoms with van der Waals surface area (Å²) in [4.78, 5) is 6.88. The lowest BCUT2D eigenvalue weighted by Gasteiger charge is -2.28. The molecule has 1 saturated heterocycles. The van der Waals surface area contributed by atoms with Crippen molar-refractivity contribution in [2.24, 2.45) is 5.73 Å². The van der Waals surface area contributed by atoms with Crippen LogP contribution in [0.25, 0.3) is 0 Å². The van der Waals surface area contributed by atoms with Gasteiger partial charge in [0.25, 0.3) is 0 Å². The van der Waals surface area contributed by atoms with E-state index in [1.165, 1.54) is 24.9 Å². The highest BCUT2D eigenvalue weighted by Gasteiger charge is 2.11. The Kier molecular flexibility index (Phi) is 3.16. The summed E-state index contributed by atoms with van der Waals surface area (Å²) >= 11 is 4.92. The van der Waals surface area contributed by atoms with Crippen LogP contribution in [0, 0.1) is 0 Å². The standard InChI is InChI=1S/C11H15N3S/c12-11(15)10-8-9(4-5-13-10)14-6-2-1-3-7-14/h4-5,8H,1-3,6-7H2,(H2,12,15). The number of anilines is 1. The van der Waals surface area contributed by atoms with Crippen LogP contribution in [0.5, 0.6) is 0 Å². The van der Waals surface area contributed by atoms with Gasteiger partial charge >= 0.3 is 0 Å². The smallest absolute Gasteiger partial charge is 0.122 e. The lowest BCUT2D eigenvalue weighted by molar-refractivity contribution is 0.577. The van der Waals surface area contributed by atoms with E-state index in [4.69, 9.17) is 18.0 Å². The van der Waals surface area contributed by atoms with Crippen molar-refractivity contribution in [3.05, 3.63) is 24.0 Å². The van der Waals surface area contributed by atoms with Crippen LogP contribution in [0.4, 0.5) is 5.69 Å². The van der Waals surface area contributed by atoms with Crippen LogP contribution in [0.15, 0.2) is 18.3 Å². The summed E-state index contributed by atoms with van der Waals surface area (Å²) in [6.45, 7) is 2.25. The Balaban J connectivity index is 2.19. The number of nitrogens with zero attached hydrogens (tertiary/aromatic N) is 2. The average molecular weight is 221 g/mol. The predicted octanol–water partition coefficient (Wildman–Crippen LogP) is 1.71. The zero-order chi connectivity index (χ0) is 10.7. The van der Waals surface area contributed by atoms with Gasteiger partial charge in [0.05, 0.1) is 5.69 Å². The summed E-state index contributed by atoms with van der Waals surface area (Å²) in [5.41, 5.74) is 7.47. The highest BCUT2D eigenvalue weighted by Crippen LogP contribution is 2.19. The maximum atomic E-state index is 5.56. The normalized spacial score (nSPS) is 16.4. The molecule has 2 N–H and O–H groups in total. The summed E-state index contributed by atoms with van der Waals surface area (Å²) in [7, 11) is 0. The second kappa shape index (κ2) is 4.57. The molecule has 1 aromatic rings. The molecule has 1 fully saturated rings. The summed E-state index contributed by atoms with van der Waals surface area (Å²) < 4.78 is 0. The van der Waals surface area contributed by atoms with Gasteiger partial charge in [-0.25, -0.2) is 0 Å². The molecule has 0 aliphatic carbocycles. The molecule has 15 heavy (non-hydrogen) atoms. The topological polar surface area (TPSA) is 42.1 Å². The lowest BCUT2D eigenvalue weighted by Crippen LogP contribution is -2.29. The first-order valence-corrected chi connectivity index (χ1v) is 5.69. The van der Waals surface area contributed by atoms with Gasteiger partial charge < -0.3 is 10.6 Å². The molecule has 0 bridgehead atoms. The first-order chi connectivity index (χ1) is 7.27. The number of aromatic nitrogens is 1. The molecule has 0 radical (unpaired) electrons. The molecule has 1 aliphatic rings. The molecule has 2 heterocycles. The first-order valence-electron chi connectivity index (χ1n) is 5.28. The van der Waals surface area contributed by atoms with Crippen LogP contribution in [-0.2, 0) is 0 Å². The van der Waals surface area contributed by atoms with Crippen molar-refractivity contribution in [3.8, 4) is 0 Å². The number of nitrogens with two attached hydrogens (primary N) is 1. The zero-order valence-electron chi connectivity index (χ0n) is 8.65. The minimum absolute atomic E-state index is 0.369. The molecule has 0 aromatic carbocycles. The molecule has 0 saturated carbocycles. The van der Waals surface area contributed by atoms with Crippen LogP contribution in [0.2, 0.25) is 0 Å². The van der Waals surface area contributed by atoms with Crippen molar-refractivity contribution in [1.82, 2.24) is 4.98 Å². The Morgan fingerprint density at radius 2 is 2.07 bits per heavy atom. The summed E-state index contributed by atoms with van der Waals surface area (Å²) in [6, 6.07) is 4.00. The third kappa shape index (κ3) is 2.45. The highest BCUT2D eigenvalue weighted by molar-refractivity contribution is 7.80. The molecule has 1 aromatic heterocycles. The summed E-state index contributed by atoms with van der Waals surface area (Å²) in [5.74, 6) is 0. The minimum atomic E-state index is 0.369. The quantitative estimate of drug-likeness (QED) is 0.772. The number of hydrogen-bond acceptors (Lipinski definition) is 3. The van der Waals surface area contributed by atoms with Crippen LogP contribution < -0.4 is 10.6 Å². The fourth-order valence-corrected chi connectivity index (χ4v) is 2.01. The van der Waals surface area contributed by atoms with E-state index < -0.39 is 0 Å². The summed E-state index contributed by atoms with van der Waals surface area (Å²) in [6.07, 6.45) is 5.65. The molecule has 0 spiro atoms. The van der Waals surface area contributed by atoms with E-state index in [1.807, 2.05) is 12.1 Å². The number of thiocarbonyl (C=S) groups is 1. The van der Waals surface area contributed by atoms with Gasteiger partial charge in [0.1, 0.15) is 4.99 Å². The van der Waals surface area contributed by atoms with E-state index in [0.717, 1.165) is 13.1 Å². The third-order valence-corrected chi connectivity index (χ3v) is 2.93. The fourth-order valence-electron chi connectivity index (χ4n) is 1.90. The second-order valence-corrected chi connectivity index (χ2v) is 4.25.